The normalized spacial score (nSPS) is 10.2. The van der Waals surface area contributed by atoms with Gasteiger partial charge < -0.3 is 19.8 Å². The molecule has 0 aliphatic carbocycles. The molecule has 0 radical (unpaired) electrons. The average Bonchev–Trinajstić information content (AvgIpc) is 2.88. The number of nitrogens with one attached hydrogen (secondary N) is 2. The van der Waals surface area contributed by atoms with Gasteiger partial charge in [0.2, 0.25) is 0 Å². The molecule has 25 heavy (non-hydrogen) atoms. The van der Waals surface area contributed by atoms with Gasteiger partial charge >= 0.3 is 5.97 Å². The Morgan fingerprint density at radius 1 is 1.12 bits per heavy atom. The summed E-state index contributed by atoms with van der Waals surface area (Å²) in [6.45, 7) is 4.36. The molecule has 2 N–H and O–H groups in total. The lowest BCUT2D eigenvalue weighted by Crippen LogP contribution is -2.21. The highest BCUT2D eigenvalue weighted by Crippen LogP contribution is 2.19. The lowest BCUT2D eigenvalue weighted by atomic mass is 10.1. The van der Waals surface area contributed by atoms with Gasteiger partial charge in [-0.1, -0.05) is 0 Å². The molecule has 0 atom stereocenters. The van der Waals surface area contributed by atoms with Gasteiger partial charge in [-0.05, 0) is 50.6 Å². The lowest BCUT2D eigenvalue weighted by Gasteiger charge is -2.07. The van der Waals surface area contributed by atoms with Gasteiger partial charge in [0.05, 0.1) is 7.11 Å². The number of Topliss-reactive ketones (excluding diaryl/α,β-unsaturated/α-hetero) is 1. The predicted octanol–water partition coefficient (Wildman–Crippen LogP) is 2.64. The standard InChI is InChI=1S/C18H20N2O5/c1-10-16(12(3)21)11(2)19-17(10)18(23)25-9-15(22)20-13-5-7-14(24-4)8-6-13/h5-8,19H,9H2,1-4H3,(H,20,22). The second-order valence-corrected chi connectivity index (χ2v) is 5.53. The monoisotopic (exact) mass is 344 g/mol. The van der Waals surface area contributed by atoms with Gasteiger partial charge in [-0.3, -0.25) is 9.59 Å². The highest BCUT2D eigenvalue weighted by molar-refractivity contribution is 6.01. The van der Waals surface area contributed by atoms with Crippen molar-refractivity contribution < 1.29 is 23.9 Å². The second kappa shape index (κ2) is 7.65. The number of hydrogen-bond donors (Lipinski definition) is 2. The highest BCUT2D eigenvalue weighted by atomic mass is 16.5. The number of hydrogen-bond acceptors (Lipinski definition) is 5. The lowest BCUT2D eigenvalue weighted by molar-refractivity contribution is -0.119. The fourth-order valence-electron chi connectivity index (χ4n) is 2.56. The molecule has 0 spiro atoms. The van der Waals surface area contributed by atoms with Crippen LogP contribution in [0.3, 0.4) is 0 Å². The van der Waals surface area contributed by atoms with Crippen LogP contribution in [0.2, 0.25) is 0 Å². The first-order valence-corrected chi connectivity index (χ1v) is 7.64. The number of carbonyl (C=O) groups excluding carboxylic acids is 3. The molecule has 7 nitrogen and oxygen atoms in total. The van der Waals surface area contributed by atoms with Crippen molar-refractivity contribution in [3.63, 3.8) is 0 Å². The Labute approximate surface area is 145 Å². The number of H-pyrrole nitrogens is 1. The van der Waals surface area contributed by atoms with Crippen LogP contribution in [0.25, 0.3) is 0 Å². The SMILES string of the molecule is COc1ccc(NC(=O)COC(=O)c2[nH]c(C)c(C(C)=O)c2C)cc1. The molecule has 0 bridgehead atoms. The minimum absolute atomic E-state index is 0.137. The largest absolute Gasteiger partial charge is 0.497 e. The van der Waals surface area contributed by atoms with Crippen molar-refractivity contribution in [2.24, 2.45) is 0 Å². The first kappa shape index (κ1) is 18.3. The van der Waals surface area contributed by atoms with E-state index in [4.69, 9.17) is 9.47 Å². The van der Waals surface area contributed by atoms with E-state index >= 15 is 0 Å². The number of ketones is 1. The molecular weight excluding hydrogens is 324 g/mol. The summed E-state index contributed by atoms with van der Waals surface area (Å²) in [5, 5.41) is 2.61. The Balaban J connectivity index is 1.96. The number of rotatable bonds is 6. The summed E-state index contributed by atoms with van der Waals surface area (Å²) in [4.78, 5) is 38.4. The van der Waals surface area contributed by atoms with Gasteiger partial charge in [-0.15, -0.1) is 0 Å². The maximum Gasteiger partial charge on any atom is 0.355 e. The number of aromatic amines is 1. The number of carbonyl (C=O) groups is 3. The summed E-state index contributed by atoms with van der Waals surface area (Å²) < 4.78 is 10.0. The van der Waals surface area contributed by atoms with Crippen molar-refractivity contribution in [2.75, 3.05) is 19.0 Å². The third-order valence-electron chi connectivity index (χ3n) is 3.70. The summed E-state index contributed by atoms with van der Waals surface area (Å²) in [5.74, 6) is -0.616. The smallest absolute Gasteiger partial charge is 0.355 e. The third kappa shape index (κ3) is 4.26. The van der Waals surface area contributed by atoms with E-state index in [0.29, 0.717) is 28.3 Å². The maximum atomic E-state index is 12.1. The molecule has 2 aromatic rings. The van der Waals surface area contributed by atoms with E-state index in [1.54, 1.807) is 45.2 Å². The van der Waals surface area contributed by atoms with Crippen molar-refractivity contribution >= 4 is 23.3 Å². The van der Waals surface area contributed by atoms with Crippen molar-refractivity contribution in [3.05, 3.63) is 46.8 Å². The van der Waals surface area contributed by atoms with E-state index in [1.807, 2.05) is 0 Å². The quantitative estimate of drug-likeness (QED) is 0.620. The molecule has 0 unspecified atom stereocenters. The first-order chi connectivity index (χ1) is 11.8. The van der Waals surface area contributed by atoms with Crippen LogP contribution >= 0.6 is 0 Å². The second-order valence-electron chi connectivity index (χ2n) is 5.53. The zero-order valence-corrected chi connectivity index (χ0v) is 14.6. The number of aryl methyl sites for hydroxylation is 1. The number of aromatic nitrogens is 1. The van der Waals surface area contributed by atoms with E-state index in [-0.39, 0.29) is 11.5 Å². The molecule has 1 aromatic carbocycles. The Hall–Kier alpha value is -3.09. The van der Waals surface area contributed by atoms with E-state index in [9.17, 15) is 14.4 Å². The number of anilines is 1. The van der Waals surface area contributed by atoms with Crippen LogP contribution in [-0.4, -0.2) is 36.4 Å². The topological polar surface area (TPSA) is 97.5 Å². The summed E-state index contributed by atoms with van der Waals surface area (Å²) in [7, 11) is 1.55. The molecule has 1 amide bonds. The van der Waals surface area contributed by atoms with Crippen LogP contribution in [-0.2, 0) is 9.53 Å². The number of methoxy groups -OCH3 is 1. The highest BCUT2D eigenvalue weighted by Gasteiger charge is 2.21. The Morgan fingerprint density at radius 3 is 2.28 bits per heavy atom. The van der Waals surface area contributed by atoms with Gasteiger partial charge in [0.1, 0.15) is 11.4 Å². The summed E-state index contributed by atoms with van der Waals surface area (Å²) in [5.41, 5.74) is 2.33. The molecule has 1 aromatic heterocycles. The van der Waals surface area contributed by atoms with Crippen LogP contribution in [0.4, 0.5) is 5.69 Å². The summed E-state index contributed by atoms with van der Waals surface area (Å²) >= 11 is 0. The van der Waals surface area contributed by atoms with Gasteiger partial charge in [-0.2, -0.15) is 0 Å². The number of benzene rings is 1. The molecule has 132 valence electrons. The number of amides is 1. The third-order valence-corrected chi connectivity index (χ3v) is 3.70. The van der Waals surface area contributed by atoms with E-state index in [1.165, 1.54) is 6.92 Å². The van der Waals surface area contributed by atoms with Gasteiger partial charge in [0.25, 0.3) is 5.91 Å². The first-order valence-electron chi connectivity index (χ1n) is 7.64. The Bertz CT molecular complexity index is 806. The van der Waals surface area contributed by atoms with E-state index in [0.717, 1.165) is 0 Å². The predicted molar refractivity (Wildman–Crippen MR) is 92.2 cm³/mol. The van der Waals surface area contributed by atoms with Gasteiger partial charge in [0, 0.05) is 16.9 Å². The Kier molecular flexibility index (Phi) is 5.59. The Morgan fingerprint density at radius 2 is 1.76 bits per heavy atom. The van der Waals surface area contributed by atoms with Crippen LogP contribution < -0.4 is 10.1 Å². The van der Waals surface area contributed by atoms with E-state index in [2.05, 4.69) is 10.3 Å². The number of ether oxygens (including phenoxy) is 2. The molecule has 0 saturated heterocycles. The maximum absolute atomic E-state index is 12.1. The zero-order chi connectivity index (χ0) is 18.6. The molecule has 0 aliphatic heterocycles. The molecule has 0 fully saturated rings. The van der Waals surface area contributed by atoms with Crippen LogP contribution in [0.15, 0.2) is 24.3 Å². The minimum Gasteiger partial charge on any atom is -0.497 e. The average molecular weight is 344 g/mol. The van der Waals surface area contributed by atoms with Crippen molar-refractivity contribution in [2.45, 2.75) is 20.8 Å². The minimum atomic E-state index is -0.682. The van der Waals surface area contributed by atoms with Crippen LogP contribution in [0.5, 0.6) is 5.75 Å². The molecule has 7 heteroatoms. The van der Waals surface area contributed by atoms with Crippen LogP contribution in [0.1, 0.15) is 39.0 Å². The summed E-state index contributed by atoms with van der Waals surface area (Å²) in [6, 6.07) is 6.76. The fraction of sp³-hybridized carbons (Fsp3) is 0.278. The zero-order valence-electron chi connectivity index (χ0n) is 14.6. The van der Waals surface area contributed by atoms with Crippen molar-refractivity contribution in [1.29, 1.82) is 0 Å². The summed E-state index contributed by atoms with van der Waals surface area (Å²) in [6.07, 6.45) is 0. The molecule has 0 saturated carbocycles. The molecular formula is C18H20N2O5. The van der Waals surface area contributed by atoms with Crippen molar-refractivity contribution in [3.8, 4) is 5.75 Å². The fourth-order valence-corrected chi connectivity index (χ4v) is 2.56. The molecule has 2 rings (SSSR count). The molecule has 1 heterocycles. The number of esters is 1. The van der Waals surface area contributed by atoms with E-state index < -0.39 is 18.5 Å². The van der Waals surface area contributed by atoms with Crippen LogP contribution in [0, 0.1) is 13.8 Å². The van der Waals surface area contributed by atoms with Crippen molar-refractivity contribution in [1.82, 2.24) is 4.98 Å². The van der Waals surface area contributed by atoms with Gasteiger partial charge in [-0.25, -0.2) is 4.79 Å². The van der Waals surface area contributed by atoms with Gasteiger partial charge in [0.15, 0.2) is 12.4 Å². The molecule has 0 aliphatic rings.